The molecule has 0 unspecified atom stereocenters. The van der Waals surface area contributed by atoms with E-state index in [0.29, 0.717) is 12.4 Å². The van der Waals surface area contributed by atoms with Crippen LogP contribution >= 0.6 is 11.8 Å². The Morgan fingerprint density at radius 2 is 1.81 bits per heavy atom. The summed E-state index contributed by atoms with van der Waals surface area (Å²) in [6.07, 6.45) is 0. The molecule has 31 heavy (non-hydrogen) atoms. The number of pyridine rings is 1. The summed E-state index contributed by atoms with van der Waals surface area (Å²) in [6.45, 7) is 4.30. The number of hydrogen-bond acceptors (Lipinski definition) is 6. The van der Waals surface area contributed by atoms with Gasteiger partial charge in [0.1, 0.15) is 18.1 Å². The van der Waals surface area contributed by atoms with Gasteiger partial charge >= 0.3 is 0 Å². The zero-order chi connectivity index (χ0) is 22.0. The number of methoxy groups -OCH3 is 1. The summed E-state index contributed by atoms with van der Waals surface area (Å²) in [5.74, 6) is 2.82. The first kappa shape index (κ1) is 21.0. The van der Waals surface area contributed by atoms with E-state index < -0.39 is 0 Å². The van der Waals surface area contributed by atoms with Crippen LogP contribution in [0.4, 0.5) is 0 Å². The van der Waals surface area contributed by atoms with E-state index in [2.05, 4.69) is 15.2 Å². The standard InChI is InChI=1S/C23H24N4O3S/c1-14-9-15(2)22-19(10-14)24-16(11-20(22)28)13-31-23-26-25-21(27(23)3)12-30-18-7-5-17(29-4)6-8-18/h5-11H,12-13H2,1-4H3,(H,24,28). The fourth-order valence-electron chi connectivity index (χ4n) is 3.47. The summed E-state index contributed by atoms with van der Waals surface area (Å²) in [4.78, 5) is 16.0. The van der Waals surface area contributed by atoms with E-state index in [1.54, 1.807) is 13.2 Å². The minimum Gasteiger partial charge on any atom is -0.497 e. The van der Waals surface area contributed by atoms with Crippen molar-refractivity contribution in [3.63, 3.8) is 0 Å². The lowest BCUT2D eigenvalue weighted by Gasteiger charge is -2.08. The maximum atomic E-state index is 12.6. The van der Waals surface area contributed by atoms with Gasteiger partial charge in [0.25, 0.3) is 0 Å². The first-order chi connectivity index (χ1) is 14.9. The highest BCUT2D eigenvalue weighted by Crippen LogP contribution is 2.23. The average molecular weight is 437 g/mol. The summed E-state index contributed by atoms with van der Waals surface area (Å²) in [5, 5.41) is 10.0. The van der Waals surface area contributed by atoms with Gasteiger partial charge in [-0.1, -0.05) is 17.8 Å². The third-order valence-corrected chi connectivity index (χ3v) is 6.11. The molecule has 0 spiro atoms. The molecule has 1 N–H and O–H groups in total. The van der Waals surface area contributed by atoms with Gasteiger partial charge in [0.15, 0.2) is 16.4 Å². The van der Waals surface area contributed by atoms with Crippen LogP contribution in [0.5, 0.6) is 11.5 Å². The van der Waals surface area contributed by atoms with Crippen molar-refractivity contribution in [1.29, 1.82) is 0 Å². The van der Waals surface area contributed by atoms with Gasteiger partial charge in [0, 0.05) is 29.9 Å². The van der Waals surface area contributed by atoms with Gasteiger partial charge in [-0.2, -0.15) is 0 Å². The molecule has 2 aromatic heterocycles. The molecule has 2 heterocycles. The number of nitrogens with one attached hydrogen (secondary N) is 1. The highest BCUT2D eigenvalue weighted by molar-refractivity contribution is 7.98. The smallest absolute Gasteiger partial charge is 0.191 e. The molecule has 0 radical (unpaired) electrons. The van der Waals surface area contributed by atoms with Crippen LogP contribution in [0.1, 0.15) is 22.6 Å². The Morgan fingerprint density at radius 3 is 2.55 bits per heavy atom. The van der Waals surface area contributed by atoms with E-state index in [-0.39, 0.29) is 5.43 Å². The van der Waals surface area contributed by atoms with Crippen LogP contribution in [0.25, 0.3) is 10.9 Å². The average Bonchev–Trinajstić information content (AvgIpc) is 3.09. The Bertz CT molecular complexity index is 1280. The van der Waals surface area contributed by atoms with E-state index >= 15 is 0 Å². The van der Waals surface area contributed by atoms with Gasteiger partial charge in [-0.05, 0) is 55.3 Å². The number of aryl methyl sites for hydroxylation is 2. The number of aromatic nitrogens is 4. The van der Waals surface area contributed by atoms with Crippen LogP contribution in [0.2, 0.25) is 0 Å². The fourth-order valence-corrected chi connectivity index (χ4v) is 4.31. The SMILES string of the molecule is COc1ccc(OCc2nnc(SCc3cc(=O)c4c(C)cc(C)cc4[nH]3)n2C)cc1. The Labute approximate surface area is 184 Å². The molecule has 0 atom stereocenters. The fraction of sp³-hybridized carbons (Fsp3) is 0.261. The zero-order valence-electron chi connectivity index (χ0n) is 17.9. The van der Waals surface area contributed by atoms with Gasteiger partial charge in [-0.25, -0.2) is 0 Å². The summed E-state index contributed by atoms with van der Waals surface area (Å²) in [5.41, 5.74) is 3.87. The van der Waals surface area contributed by atoms with Crippen molar-refractivity contribution in [3.8, 4) is 11.5 Å². The lowest BCUT2D eigenvalue weighted by atomic mass is 10.1. The summed E-state index contributed by atoms with van der Waals surface area (Å²) in [7, 11) is 3.54. The van der Waals surface area contributed by atoms with Crippen molar-refractivity contribution in [2.24, 2.45) is 7.05 Å². The summed E-state index contributed by atoms with van der Waals surface area (Å²) in [6, 6.07) is 13.1. The van der Waals surface area contributed by atoms with Crippen molar-refractivity contribution in [2.75, 3.05) is 7.11 Å². The van der Waals surface area contributed by atoms with Crippen LogP contribution in [0, 0.1) is 13.8 Å². The largest absolute Gasteiger partial charge is 0.497 e. The van der Waals surface area contributed by atoms with E-state index in [1.807, 2.05) is 61.9 Å². The number of H-pyrrole nitrogens is 1. The number of rotatable bonds is 7. The topological polar surface area (TPSA) is 82.0 Å². The molecule has 0 saturated heterocycles. The van der Waals surface area contributed by atoms with Crippen molar-refractivity contribution < 1.29 is 9.47 Å². The second-order valence-electron chi connectivity index (χ2n) is 7.37. The van der Waals surface area contributed by atoms with Gasteiger partial charge < -0.3 is 19.0 Å². The Kier molecular flexibility index (Phi) is 5.99. The van der Waals surface area contributed by atoms with Crippen molar-refractivity contribution >= 4 is 22.7 Å². The van der Waals surface area contributed by atoms with Crippen molar-refractivity contribution in [3.05, 3.63) is 75.3 Å². The molecule has 0 amide bonds. The molecule has 0 bridgehead atoms. The number of fused-ring (bicyclic) bond motifs is 1. The lowest BCUT2D eigenvalue weighted by Crippen LogP contribution is -2.07. The third kappa shape index (κ3) is 4.59. The van der Waals surface area contributed by atoms with E-state index in [0.717, 1.165) is 50.2 Å². The molecule has 0 aliphatic carbocycles. The van der Waals surface area contributed by atoms with Crippen LogP contribution < -0.4 is 14.9 Å². The number of nitrogens with zero attached hydrogens (tertiary/aromatic N) is 3. The molecule has 4 aromatic rings. The Balaban J connectivity index is 1.44. The molecule has 0 aliphatic heterocycles. The zero-order valence-corrected chi connectivity index (χ0v) is 18.7. The van der Waals surface area contributed by atoms with Crippen LogP contribution in [-0.4, -0.2) is 26.9 Å². The highest BCUT2D eigenvalue weighted by Gasteiger charge is 2.12. The lowest BCUT2D eigenvalue weighted by molar-refractivity contribution is 0.290. The van der Waals surface area contributed by atoms with Crippen LogP contribution in [-0.2, 0) is 19.4 Å². The van der Waals surface area contributed by atoms with Crippen molar-refractivity contribution in [1.82, 2.24) is 19.7 Å². The number of hydrogen-bond donors (Lipinski definition) is 1. The van der Waals surface area contributed by atoms with E-state index in [4.69, 9.17) is 9.47 Å². The molecule has 8 heteroatoms. The highest BCUT2D eigenvalue weighted by atomic mass is 32.2. The first-order valence-corrected chi connectivity index (χ1v) is 10.8. The van der Waals surface area contributed by atoms with Gasteiger partial charge in [0.05, 0.1) is 12.6 Å². The first-order valence-electron chi connectivity index (χ1n) is 9.85. The summed E-state index contributed by atoms with van der Waals surface area (Å²) < 4.78 is 12.9. The molecule has 0 saturated carbocycles. The predicted octanol–water partition coefficient (Wildman–Crippen LogP) is 4.15. The van der Waals surface area contributed by atoms with E-state index in [1.165, 1.54) is 11.8 Å². The molecular formula is C23H24N4O3S. The van der Waals surface area contributed by atoms with Gasteiger partial charge in [-0.15, -0.1) is 10.2 Å². The number of aromatic amines is 1. The Morgan fingerprint density at radius 1 is 1.06 bits per heavy atom. The third-order valence-electron chi connectivity index (χ3n) is 5.04. The van der Waals surface area contributed by atoms with E-state index in [9.17, 15) is 4.79 Å². The van der Waals surface area contributed by atoms with Crippen LogP contribution in [0.15, 0.2) is 52.4 Å². The molecule has 2 aromatic carbocycles. The molecule has 4 rings (SSSR count). The molecular weight excluding hydrogens is 412 g/mol. The van der Waals surface area contributed by atoms with Gasteiger partial charge in [0.2, 0.25) is 0 Å². The van der Waals surface area contributed by atoms with Crippen molar-refractivity contribution in [2.45, 2.75) is 31.4 Å². The second kappa shape index (κ2) is 8.85. The van der Waals surface area contributed by atoms with Crippen LogP contribution in [0.3, 0.4) is 0 Å². The number of benzene rings is 2. The maximum Gasteiger partial charge on any atom is 0.191 e. The second-order valence-corrected chi connectivity index (χ2v) is 8.32. The molecule has 0 fully saturated rings. The normalized spacial score (nSPS) is 11.1. The molecule has 0 aliphatic rings. The predicted molar refractivity (Wildman–Crippen MR) is 122 cm³/mol. The quantitative estimate of drug-likeness (QED) is 0.438. The molecule has 160 valence electrons. The minimum atomic E-state index is 0.0356. The Hall–Kier alpha value is -3.26. The monoisotopic (exact) mass is 436 g/mol. The minimum absolute atomic E-state index is 0.0356. The molecule has 7 nitrogen and oxygen atoms in total. The summed E-state index contributed by atoms with van der Waals surface area (Å²) >= 11 is 1.52. The number of thioether (sulfide) groups is 1. The number of ether oxygens (including phenoxy) is 2. The van der Waals surface area contributed by atoms with Gasteiger partial charge in [-0.3, -0.25) is 4.79 Å². The maximum absolute atomic E-state index is 12.6.